The van der Waals surface area contributed by atoms with Crippen LogP contribution in [-0.2, 0) is 5.41 Å². The Morgan fingerprint density at radius 3 is 1.66 bits per heavy atom. The third-order valence-corrected chi connectivity index (χ3v) is 13.4. The number of allylic oxidation sites excluding steroid dienone is 3. The summed E-state index contributed by atoms with van der Waals surface area (Å²) in [6.07, 6.45) is 8.05. The highest BCUT2D eigenvalue weighted by atomic mass is 15.1. The van der Waals surface area contributed by atoms with Crippen LogP contribution >= 0.6 is 0 Å². The maximum atomic E-state index is 2.43. The molecule has 0 amide bonds. The Bertz CT molecular complexity index is 3270. The van der Waals surface area contributed by atoms with Gasteiger partial charge in [0, 0.05) is 39.4 Å². The minimum absolute atomic E-state index is 0.245. The molecule has 1 aromatic heterocycles. The van der Waals surface area contributed by atoms with Crippen LogP contribution in [0.4, 0.5) is 11.4 Å². The van der Waals surface area contributed by atoms with Gasteiger partial charge in [0.05, 0.1) is 16.4 Å². The molecule has 1 heterocycles. The number of hydrogen-bond donors (Lipinski definition) is 0. The van der Waals surface area contributed by atoms with E-state index in [1.807, 2.05) is 13.8 Å². The standard InChI is InChI=1S/C61H44N2.C2H6/c1-3-17-43(18-4-1)45-19-15-23-51(41-45)62(49-37-33-44(34-38-49)46-20-16-24-52(42-46)63-59-31-13-9-27-55(59)56-28-10-14-32-60(56)63)50-39-35-48(36-40-50)61(47-21-5-2-6-22-47)57-29-11-7-25-53(57)54-26-8-12-30-58(54)61;1-2/h1-33,35-42,44H,34H2;1-2H3. The van der Waals surface area contributed by atoms with E-state index in [4.69, 9.17) is 0 Å². The molecule has 65 heavy (non-hydrogen) atoms. The van der Waals surface area contributed by atoms with Gasteiger partial charge >= 0.3 is 0 Å². The lowest BCUT2D eigenvalue weighted by atomic mass is 9.68. The normalized spacial score (nSPS) is 14.6. The minimum atomic E-state index is -0.448. The summed E-state index contributed by atoms with van der Waals surface area (Å²) < 4.78 is 2.41. The number of fused-ring (bicyclic) bond motifs is 6. The van der Waals surface area contributed by atoms with Gasteiger partial charge in [0.2, 0.25) is 0 Å². The second-order valence-electron chi connectivity index (χ2n) is 16.8. The molecule has 1 atom stereocenters. The molecule has 0 aliphatic heterocycles. The van der Waals surface area contributed by atoms with Gasteiger partial charge in [0.1, 0.15) is 0 Å². The Balaban J connectivity index is 0.00000231. The van der Waals surface area contributed by atoms with Gasteiger partial charge in [0.15, 0.2) is 0 Å². The Morgan fingerprint density at radius 2 is 1.02 bits per heavy atom. The summed E-state index contributed by atoms with van der Waals surface area (Å²) in [7, 11) is 0. The fraction of sp³-hybridized carbons (Fsp3) is 0.0794. The fourth-order valence-electron chi connectivity index (χ4n) is 10.6. The maximum absolute atomic E-state index is 2.43. The van der Waals surface area contributed by atoms with Gasteiger partial charge in [-0.2, -0.15) is 0 Å². The van der Waals surface area contributed by atoms with Gasteiger partial charge < -0.3 is 9.47 Å². The van der Waals surface area contributed by atoms with Crippen LogP contribution < -0.4 is 4.90 Å². The zero-order chi connectivity index (χ0) is 43.7. The molecule has 12 rings (SSSR count). The number of aromatic nitrogens is 1. The van der Waals surface area contributed by atoms with Gasteiger partial charge in [0.25, 0.3) is 0 Å². The molecule has 0 bridgehead atoms. The third kappa shape index (κ3) is 6.73. The van der Waals surface area contributed by atoms with Crippen molar-refractivity contribution < 1.29 is 0 Å². The fourth-order valence-corrected chi connectivity index (χ4v) is 10.6. The molecule has 0 fully saturated rings. The van der Waals surface area contributed by atoms with Crippen molar-refractivity contribution in [2.75, 3.05) is 4.90 Å². The number of benzene rings is 9. The molecule has 2 aliphatic rings. The van der Waals surface area contributed by atoms with Crippen LogP contribution in [0.15, 0.2) is 254 Å². The van der Waals surface area contributed by atoms with Crippen LogP contribution in [-0.4, -0.2) is 4.57 Å². The van der Waals surface area contributed by atoms with Gasteiger partial charge in [-0.05, 0) is 111 Å². The zero-order valence-electron chi connectivity index (χ0n) is 36.9. The second-order valence-corrected chi connectivity index (χ2v) is 16.8. The number of anilines is 2. The molecular formula is C63H50N2. The van der Waals surface area contributed by atoms with E-state index in [1.165, 1.54) is 77.6 Å². The first-order chi connectivity index (χ1) is 32.3. The Labute approximate surface area is 382 Å². The van der Waals surface area contributed by atoms with Gasteiger partial charge in [-0.1, -0.05) is 208 Å². The SMILES string of the molecule is C1=CC(c2cccc(-n3c4ccccc4c4ccccc43)c2)CC=C1N(c1ccc(C2(c3ccccc3)c3ccccc3-c3ccccc32)cc1)c1cccc(-c2ccccc2)c1.CC. The molecule has 312 valence electrons. The average Bonchev–Trinajstić information content (AvgIpc) is 3.89. The van der Waals surface area contributed by atoms with E-state index in [2.05, 4.69) is 258 Å². The number of nitrogens with zero attached hydrogens (tertiary/aromatic N) is 2. The molecule has 2 heteroatoms. The highest BCUT2D eigenvalue weighted by molar-refractivity contribution is 6.09. The molecule has 0 spiro atoms. The smallest absolute Gasteiger partial charge is 0.0713 e. The van der Waals surface area contributed by atoms with Crippen LogP contribution in [0.1, 0.15) is 54.0 Å². The van der Waals surface area contributed by atoms with E-state index in [0.29, 0.717) is 0 Å². The lowest BCUT2D eigenvalue weighted by Gasteiger charge is -2.35. The number of rotatable bonds is 8. The van der Waals surface area contributed by atoms with E-state index in [-0.39, 0.29) is 5.92 Å². The zero-order valence-corrected chi connectivity index (χ0v) is 36.9. The highest BCUT2D eigenvalue weighted by Crippen LogP contribution is 2.56. The van der Waals surface area contributed by atoms with Crippen molar-refractivity contribution >= 4 is 33.2 Å². The van der Waals surface area contributed by atoms with Crippen LogP contribution in [0, 0.1) is 0 Å². The molecule has 0 saturated carbocycles. The summed E-state index contributed by atoms with van der Waals surface area (Å²) in [5.74, 6) is 0.245. The summed E-state index contributed by atoms with van der Waals surface area (Å²) in [6, 6.07) is 84.6. The highest BCUT2D eigenvalue weighted by Gasteiger charge is 2.45. The molecule has 1 unspecified atom stereocenters. The second kappa shape index (κ2) is 17.0. The van der Waals surface area contributed by atoms with E-state index in [1.54, 1.807) is 0 Å². The van der Waals surface area contributed by atoms with Crippen molar-refractivity contribution in [3.8, 4) is 27.9 Å². The predicted molar refractivity (Wildman–Crippen MR) is 274 cm³/mol. The van der Waals surface area contributed by atoms with E-state index >= 15 is 0 Å². The number of hydrogen-bond acceptors (Lipinski definition) is 1. The van der Waals surface area contributed by atoms with Crippen LogP contribution in [0.3, 0.4) is 0 Å². The Hall–Kier alpha value is -7.94. The van der Waals surface area contributed by atoms with Gasteiger partial charge in [-0.15, -0.1) is 0 Å². The monoisotopic (exact) mass is 834 g/mol. The van der Waals surface area contributed by atoms with Crippen LogP contribution in [0.25, 0.3) is 49.7 Å². The van der Waals surface area contributed by atoms with E-state index in [0.717, 1.165) is 23.5 Å². The lowest BCUT2D eigenvalue weighted by molar-refractivity contribution is 0.768. The Morgan fingerprint density at radius 1 is 0.462 bits per heavy atom. The van der Waals surface area contributed by atoms with Gasteiger partial charge in [-0.25, -0.2) is 0 Å². The topological polar surface area (TPSA) is 8.17 Å². The molecule has 9 aromatic carbocycles. The summed E-state index contributed by atoms with van der Waals surface area (Å²) in [6.45, 7) is 4.00. The first-order valence-corrected chi connectivity index (χ1v) is 23.0. The molecule has 10 aromatic rings. The number of para-hydroxylation sites is 2. The molecule has 2 aliphatic carbocycles. The third-order valence-electron chi connectivity index (χ3n) is 13.4. The lowest BCUT2D eigenvalue weighted by Crippen LogP contribution is -2.28. The summed E-state index contributed by atoms with van der Waals surface area (Å²) in [4.78, 5) is 2.43. The van der Waals surface area contributed by atoms with Crippen molar-refractivity contribution in [2.45, 2.75) is 31.6 Å². The van der Waals surface area contributed by atoms with Crippen LogP contribution in [0.5, 0.6) is 0 Å². The summed E-state index contributed by atoms with van der Waals surface area (Å²) >= 11 is 0. The van der Waals surface area contributed by atoms with Crippen molar-refractivity contribution in [3.05, 3.63) is 282 Å². The van der Waals surface area contributed by atoms with E-state index < -0.39 is 5.41 Å². The average molecular weight is 835 g/mol. The van der Waals surface area contributed by atoms with E-state index in [9.17, 15) is 0 Å². The molecule has 0 radical (unpaired) electrons. The molecular weight excluding hydrogens is 785 g/mol. The molecule has 0 saturated heterocycles. The van der Waals surface area contributed by atoms with Crippen molar-refractivity contribution in [1.82, 2.24) is 4.57 Å². The van der Waals surface area contributed by atoms with Crippen molar-refractivity contribution in [2.24, 2.45) is 0 Å². The molecule has 2 nitrogen and oxygen atoms in total. The van der Waals surface area contributed by atoms with Gasteiger partial charge in [-0.3, -0.25) is 0 Å². The quantitative estimate of drug-likeness (QED) is 0.148. The Kier molecular flexibility index (Phi) is 10.4. The predicted octanol–water partition coefficient (Wildman–Crippen LogP) is 16.6. The minimum Gasteiger partial charge on any atom is -0.311 e. The van der Waals surface area contributed by atoms with Crippen molar-refractivity contribution in [3.63, 3.8) is 0 Å². The maximum Gasteiger partial charge on any atom is 0.0713 e. The first-order valence-electron chi connectivity index (χ1n) is 23.0. The van der Waals surface area contributed by atoms with Crippen molar-refractivity contribution in [1.29, 1.82) is 0 Å². The summed E-state index contributed by atoms with van der Waals surface area (Å²) in [5, 5.41) is 2.56. The van der Waals surface area contributed by atoms with Crippen LogP contribution in [0.2, 0.25) is 0 Å². The first kappa shape index (κ1) is 39.9. The molecule has 0 N–H and O–H groups in total. The largest absolute Gasteiger partial charge is 0.311 e. The summed E-state index contributed by atoms with van der Waals surface area (Å²) in [5.41, 5.74) is 18.1.